The van der Waals surface area contributed by atoms with Crippen molar-refractivity contribution in [3.63, 3.8) is 0 Å². The SMILES string of the molecule is CC(C)(C)OC(=O)C1CNC2(CCC2)CO1. The lowest BCUT2D eigenvalue weighted by molar-refractivity contribution is -0.175. The van der Waals surface area contributed by atoms with E-state index < -0.39 is 11.7 Å². The topological polar surface area (TPSA) is 47.6 Å². The highest BCUT2D eigenvalue weighted by atomic mass is 16.6. The number of hydrogen-bond acceptors (Lipinski definition) is 4. The Bertz CT molecular complexity index is 268. The first-order valence-electron chi connectivity index (χ1n) is 6.00. The second kappa shape index (κ2) is 4.00. The molecule has 0 radical (unpaired) electrons. The van der Waals surface area contributed by atoms with Crippen molar-refractivity contribution in [3.05, 3.63) is 0 Å². The number of rotatable bonds is 1. The molecule has 4 heteroatoms. The average molecular weight is 227 g/mol. The fourth-order valence-electron chi connectivity index (χ4n) is 2.12. The molecule has 1 saturated heterocycles. The van der Waals surface area contributed by atoms with E-state index in [1.165, 1.54) is 6.42 Å². The average Bonchev–Trinajstić information content (AvgIpc) is 2.13. The maximum atomic E-state index is 11.7. The third kappa shape index (κ3) is 2.55. The van der Waals surface area contributed by atoms with Gasteiger partial charge in [-0.25, -0.2) is 4.79 Å². The van der Waals surface area contributed by atoms with E-state index >= 15 is 0 Å². The van der Waals surface area contributed by atoms with Gasteiger partial charge in [0.05, 0.1) is 6.61 Å². The number of carbonyl (C=O) groups is 1. The normalized spacial score (nSPS) is 28.6. The van der Waals surface area contributed by atoms with Gasteiger partial charge in [-0.1, -0.05) is 0 Å². The van der Waals surface area contributed by atoms with Crippen LogP contribution in [0.5, 0.6) is 0 Å². The van der Waals surface area contributed by atoms with Gasteiger partial charge in [0.1, 0.15) is 5.60 Å². The zero-order valence-electron chi connectivity index (χ0n) is 10.3. The summed E-state index contributed by atoms with van der Waals surface area (Å²) in [4.78, 5) is 11.7. The molecule has 1 aliphatic carbocycles. The molecule has 1 aliphatic heterocycles. The zero-order valence-corrected chi connectivity index (χ0v) is 10.3. The second-order valence-electron chi connectivity index (χ2n) is 5.85. The Morgan fingerprint density at radius 2 is 2.12 bits per heavy atom. The lowest BCUT2D eigenvalue weighted by Gasteiger charge is -2.47. The minimum absolute atomic E-state index is 0.165. The van der Waals surface area contributed by atoms with Crippen LogP contribution in [0.1, 0.15) is 40.0 Å². The lowest BCUT2D eigenvalue weighted by atomic mass is 9.76. The number of ether oxygens (including phenoxy) is 2. The zero-order chi connectivity index (χ0) is 11.8. The van der Waals surface area contributed by atoms with Crippen LogP contribution < -0.4 is 5.32 Å². The van der Waals surface area contributed by atoms with Crippen LogP contribution in [0.4, 0.5) is 0 Å². The van der Waals surface area contributed by atoms with Gasteiger partial charge in [-0.3, -0.25) is 0 Å². The van der Waals surface area contributed by atoms with E-state index in [2.05, 4.69) is 5.32 Å². The van der Waals surface area contributed by atoms with Crippen LogP contribution in [0.2, 0.25) is 0 Å². The highest BCUT2D eigenvalue weighted by Gasteiger charge is 2.43. The van der Waals surface area contributed by atoms with Gasteiger partial charge in [0.25, 0.3) is 0 Å². The fourth-order valence-corrected chi connectivity index (χ4v) is 2.12. The molecular weight excluding hydrogens is 206 g/mol. The van der Waals surface area contributed by atoms with Crippen molar-refractivity contribution in [1.29, 1.82) is 0 Å². The third-order valence-electron chi connectivity index (χ3n) is 3.20. The molecule has 2 fully saturated rings. The van der Waals surface area contributed by atoms with E-state index in [1.54, 1.807) is 0 Å². The maximum Gasteiger partial charge on any atom is 0.337 e. The summed E-state index contributed by atoms with van der Waals surface area (Å²) in [5, 5.41) is 3.42. The van der Waals surface area contributed by atoms with Gasteiger partial charge in [0, 0.05) is 12.1 Å². The number of esters is 1. The largest absolute Gasteiger partial charge is 0.458 e. The van der Waals surface area contributed by atoms with Crippen molar-refractivity contribution >= 4 is 5.97 Å². The Balaban J connectivity index is 1.82. The molecular formula is C12H21NO3. The van der Waals surface area contributed by atoms with Crippen LogP contribution in [-0.2, 0) is 14.3 Å². The summed E-state index contributed by atoms with van der Waals surface area (Å²) in [7, 11) is 0. The minimum atomic E-state index is -0.439. The van der Waals surface area contributed by atoms with Crippen molar-refractivity contribution in [2.45, 2.75) is 57.3 Å². The first-order chi connectivity index (χ1) is 7.40. The van der Waals surface area contributed by atoms with Gasteiger partial charge < -0.3 is 14.8 Å². The van der Waals surface area contributed by atoms with E-state index in [0.29, 0.717) is 13.2 Å². The molecule has 16 heavy (non-hydrogen) atoms. The molecule has 2 aliphatic rings. The fraction of sp³-hybridized carbons (Fsp3) is 0.917. The molecule has 0 aromatic carbocycles. The van der Waals surface area contributed by atoms with E-state index in [1.807, 2.05) is 20.8 Å². The summed E-state index contributed by atoms with van der Waals surface area (Å²) < 4.78 is 10.9. The molecule has 0 amide bonds. The van der Waals surface area contributed by atoms with Gasteiger partial charge in [0.15, 0.2) is 6.10 Å². The van der Waals surface area contributed by atoms with Gasteiger partial charge in [-0.05, 0) is 40.0 Å². The molecule has 1 N–H and O–H groups in total. The van der Waals surface area contributed by atoms with Crippen LogP contribution in [0.3, 0.4) is 0 Å². The Labute approximate surface area is 96.7 Å². The van der Waals surface area contributed by atoms with Gasteiger partial charge in [0.2, 0.25) is 0 Å². The first kappa shape index (κ1) is 11.9. The van der Waals surface area contributed by atoms with Crippen LogP contribution >= 0.6 is 0 Å². The molecule has 1 saturated carbocycles. The summed E-state index contributed by atoms with van der Waals surface area (Å²) >= 11 is 0. The number of carbonyl (C=O) groups excluding carboxylic acids is 1. The summed E-state index contributed by atoms with van der Waals surface area (Å²) in [6, 6.07) is 0. The quantitative estimate of drug-likeness (QED) is 0.685. The molecule has 1 unspecified atom stereocenters. The van der Waals surface area contributed by atoms with Crippen molar-refractivity contribution in [2.24, 2.45) is 0 Å². The monoisotopic (exact) mass is 227 g/mol. The third-order valence-corrected chi connectivity index (χ3v) is 3.20. The van der Waals surface area contributed by atoms with E-state index in [9.17, 15) is 4.79 Å². The molecule has 0 aromatic rings. The molecule has 1 spiro atoms. The highest BCUT2D eigenvalue weighted by molar-refractivity contribution is 5.75. The number of nitrogens with one attached hydrogen (secondary N) is 1. The van der Waals surface area contributed by atoms with Crippen LogP contribution in [-0.4, -0.2) is 36.4 Å². The predicted molar refractivity (Wildman–Crippen MR) is 60.2 cm³/mol. The Morgan fingerprint density at radius 1 is 1.44 bits per heavy atom. The molecule has 4 nitrogen and oxygen atoms in total. The second-order valence-corrected chi connectivity index (χ2v) is 5.85. The molecule has 92 valence electrons. The van der Waals surface area contributed by atoms with Crippen molar-refractivity contribution in [3.8, 4) is 0 Å². The van der Waals surface area contributed by atoms with Crippen LogP contribution in [0.15, 0.2) is 0 Å². The molecule has 1 atom stereocenters. The summed E-state index contributed by atoms with van der Waals surface area (Å²) in [5.41, 5.74) is -0.273. The van der Waals surface area contributed by atoms with E-state index in [0.717, 1.165) is 12.8 Å². The Kier molecular flexibility index (Phi) is 2.97. The maximum absolute atomic E-state index is 11.7. The minimum Gasteiger partial charge on any atom is -0.458 e. The summed E-state index contributed by atoms with van der Waals surface area (Å²) in [6.07, 6.45) is 3.14. The van der Waals surface area contributed by atoms with Gasteiger partial charge in [-0.2, -0.15) is 0 Å². The predicted octanol–water partition coefficient (Wildman–Crippen LogP) is 1.24. The first-order valence-corrected chi connectivity index (χ1v) is 6.00. The van der Waals surface area contributed by atoms with Crippen molar-refractivity contribution in [1.82, 2.24) is 5.32 Å². The smallest absolute Gasteiger partial charge is 0.337 e. The van der Waals surface area contributed by atoms with Gasteiger partial charge >= 0.3 is 5.97 Å². The molecule has 0 bridgehead atoms. The van der Waals surface area contributed by atoms with Crippen LogP contribution in [0, 0.1) is 0 Å². The van der Waals surface area contributed by atoms with Gasteiger partial charge in [-0.15, -0.1) is 0 Å². The molecule has 2 rings (SSSR count). The van der Waals surface area contributed by atoms with Crippen molar-refractivity contribution < 1.29 is 14.3 Å². The standard InChI is InChI=1S/C12H21NO3/c1-11(2,3)16-10(14)9-7-13-12(8-15-9)5-4-6-12/h9,13H,4-8H2,1-3H3. The lowest BCUT2D eigenvalue weighted by Crippen LogP contribution is -2.62. The highest BCUT2D eigenvalue weighted by Crippen LogP contribution is 2.34. The van der Waals surface area contributed by atoms with E-state index in [4.69, 9.17) is 9.47 Å². The van der Waals surface area contributed by atoms with Crippen LogP contribution in [0.25, 0.3) is 0 Å². The molecule has 0 aromatic heterocycles. The summed E-state index contributed by atoms with van der Waals surface area (Å²) in [6.45, 7) is 6.82. The number of morpholine rings is 1. The number of hydrogen-bond donors (Lipinski definition) is 1. The molecule has 1 heterocycles. The Morgan fingerprint density at radius 3 is 2.50 bits per heavy atom. The van der Waals surface area contributed by atoms with Crippen molar-refractivity contribution in [2.75, 3.05) is 13.2 Å². The van der Waals surface area contributed by atoms with E-state index in [-0.39, 0.29) is 11.5 Å². The summed E-state index contributed by atoms with van der Waals surface area (Å²) in [5.74, 6) is -0.255. The Hall–Kier alpha value is -0.610.